The van der Waals surface area contributed by atoms with Gasteiger partial charge in [0, 0.05) is 0 Å². The SMILES string of the molecule is CCOC(=O)[CH]([Hg])c1ccccc1. The first-order chi connectivity index (χ1) is 6.25. The zero-order valence-electron chi connectivity index (χ0n) is 7.69. The fourth-order valence-corrected chi connectivity index (χ4v) is 2.58. The van der Waals surface area contributed by atoms with Crippen LogP contribution < -0.4 is 0 Å². The van der Waals surface area contributed by atoms with Crippen molar-refractivity contribution in [2.24, 2.45) is 0 Å². The molecule has 1 atom stereocenters. The van der Waals surface area contributed by atoms with Crippen LogP contribution >= 0.6 is 0 Å². The second-order valence-electron chi connectivity index (χ2n) is 2.72. The molecule has 0 saturated heterocycles. The van der Waals surface area contributed by atoms with Gasteiger partial charge in [-0.3, -0.25) is 0 Å². The predicted octanol–water partition coefficient (Wildman–Crippen LogP) is 1.84. The van der Waals surface area contributed by atoms with Gasteiger partial charge in [0.05, 0.1) is 0 Å². The molecule has 0 aliphatic heterocycles. The van der Waals surface area contributed by atoms with E-state index in [1.807, 2.05) is 37.3 Å². The van der Waals surface area contributed by atoms with E-state index in [1.165, 1.54) is 0 Å². The maximum absolute atomic E-state index is 11.4. The third kappa shape index (κ3) is 3.10. The molecule has 1 aromatic rings. The zero-order valence-corrected chi connectivity index (χ0v) is 13.2. The summed E-state index contributed by atoms with van der Waals surface area (Å²) in [5.41, 5.74) is 1.09. The quantitative estimate of drug-likeness (QED) is 0.605. The third-order valence-corrected chi connectivity index (χ3v) is 4.90. The van der Waals surface area contributed by atoms with E-state index in [2.05, 4.69) is 0 Å². The van der Waals surface area contributed by atoms with E-state index in [-0.39, 0.29) is 9.40 Å². The van der Waals surface area contributed by atoms with Crippen molar-refractivity contribution < 1.29 is 35.7 Å². The van der Waals surface area contributed by atoms with Crippen molar-refractivity contribution in [2.45, 2.75) is 10.4 Å². The van der Waals surface area contributed by atoms with Crippen LogP contribution in [0.4, 0.5) is 0 Å². The van der Waals surface area contributed by atoms with Gasteiger partial charge < -0.3 is 0 Å². The molecule has 0 radical (unpaired) electrons. The molecule has 0 spiro atoms. The van der Waals surface area contributed by atoms with Crippen LogP contribution in [0.2, 0.25) is 0 Å². The van der Waals surface area contributed by atoms with E-state index in [9.17, 15) is 4.79 Å². The van der Waals surface area contributed by atoms with E-state index >= 15 is 0 Å². The molecular weight excluding hydrogens is 353 g/mol. The predicted molar refractivity (Wildman–Crippen MR) is 45.8 cm³/mol. The van der Waals surface area contributed by atoms with Crippen molar-refractivity contribution in [3.8, 4) is 0 Å². The molecule has 0 aliphatic rings. The van der Waals surface area contributed by atoms with Crippen LogP contribution in [0.25, 0.3) is 0 Å². The van der Waals surface area contributed by atoms with E-state index in [1.54, 1.807) is 0 Å². The van der Waals surface area contributed by atoms with Crippen LogP contribution in [0.3, 0.4) is 0 Å². The topological polar surface area (TPSA) is 26.3 Å². The summed E-state index contributed by atoms with van der Waals surface area (Å²) in [6, 6.07) is 9.82. The minimum absolute atomic E-state index is 0.0288. The molecule has 13 heavy (non-hydrogen) atoms. The number of carbonyl (C=O) groups is 1. The van der Waals surface area contributed by atoms with Crippen LogP contribution in [0.1, 0.15) is 15.9 Å². The van der Waals surface area contributed by atoms with Gasteiger partial charge in [0.25, 0.3) is 0 Å². The monoisotopic (exact) mass is 365 g/mol. The molecule has 0 saturated carbocycles. The fourth-order valence-electron chi connectivity index (χ4n) is 1.06. The molecule has 0 bridgehead atoms. The van der Waals surface area contributed by atoms with Gasteiger partial charge in [0.1, 0.15) is 0 Å². The first-order valence-corrected chi connectivity index (χ1v) is 7.47. The Labute approximate surface area is 94.3 Å². The fraction of sp³-hybridized carbons (Fsp3) is 0.300. The van der Waals surface area contributed by atoms with Gasteiger partial charge in [-0.15, -0.1) is 0 Å². The molecular formula is C10H11HgO2. The zero-order chi connectivity index (χ0) is 9.68. The van der Waals surface area contributed by atoms with Crippen molar-refractivity contribution >= 4 is 5.97 Å². The van der Waals surface area contributed by atoms with Gasteiger partial charge >= 0.3 is 94.5 Å². The maximum atomic E-state index is 11.4. The molecule has 3 heteroatoms. The minimum atomic E-state index is -0.0722. The molecule has 2 nitrogen and oxygen atoms in total. The molecule has 0 heterocycles. The summed E-state index contributed by atoms with van der Waals surface area (Å²) >= 11 is 0.378. The number of ether oxygens (including phenoxy) is 1. The van der Waals surface area contributed by atoms with Crippen LogP contribution in [0.15, 0.2) is 30.3 Å². The Morgan fingerprint density at radius 1 is 1.46 bits per heavy atom. The summed E-state index contributed by atoms with van der Waals surface area (Å²) < 4.78 is 5.00. The number of esters is 1. The summed E-state index contributed by atoms with van der Waals surface area (Å²) in [6.07, 6.45) is 0. The summed E-state index contributed by atoms with van der Waals surface area (Å²) in [7, 11) is 0. The summed E-state index contributed by atoms with van der Waals surface area (Å²) in [5, 5.41) is 0. The molecule has 0 N–H and O–H groups in total. The van der Waals surface area contributed by atoms with Crippen molar-refractivity contribution in [2.75, 3.05) is 6.61 Å². The average Bonchev–Trinajstić information content (AvgIpc) is 2.18. The normalized spacial score (nSPS) is 12.2. The molecule has 0 amide bonds. The second kappa shape index (κ2) is 5.38. The van der Waals surface area contributed by atoms with Crippen LogP contribution in [0, 0.1) is 0 Å². The summed E-state index contributed by atoms with van der Waals surface area (Å²) in [4.78, 5) is 11.4. The van der Waals surface area contributed by atoms with Gasteiger partial charge in [-0.05, 0) is 0 Å². The summed E-state index contributed by atoms with van der Waals surface area (Å²) in [5.74, 6) is -0.0722. The van der Waals surface area contributed by atoms with E-state index < -0.39 is 0 Å². The average molecular weight is 364 g/mol. The Morgan fingerprint density at radius 2 is 2.08 bits per heavy atom. The molecule has 1 aromatic carbocycles. The van der Waals surface area contributed by atoms with Gasteiger partial charge in [-0.1, -0.05) is 0 Å². The van der Waals surface area contributed by atoms with Crippen molar-refractivity contribution in [1.82, 2.24) is 0 Å². The third-order valence-electron chi connectivity index (χ3n) is 1.77. The van der Waals surface area contributed by atoms with Crippen molar-refractivity contribution in [1.29, 1.82) is 0 Å². The Hall–Kier alpha value is -0.375. The van der Waals surface area contributed by atoms with Gasteiger partial charge in [-0.2, -0.15) is 0 Å². The molecule has 1 rings (SSSR count). The Bertz CT molecular complexity index is 272. The van der Waals surface area contributed by atoms with Crippen LogP contribution in [-0.4, -0.2) is 12.6 Å². The molecule has 0 aliphatic carbocycles. The van der Waals surface area contributed by atoms with Gasteiger partial charge in [0.15, 0.2) is 0 Å². The van der Waals surface area contributed by atoms with Crippen molar-refractivity contribution in [3.63, 3.8) is 0 Å². The molecule has 1 unspecified atom stereocenters. The van der Waals surface area contributed by atoms with Gasteiger partial charge in [-0.25, -0.2) is 0 Å². The number of carbonyl (C=O) groups excluding carboxylic acids is 1. The summed E-state index contributed by atoms with van der Waals surface area (Å²) in [6.45, 7) is 2.31. The Morgan fingerprint density at radius 3 is 2.62 bits per heavy atom. The van der Waals surface area contributed by atoms with E-state index in [4.69, 9.17) is 4.74 Å². The first kappa shape index (κ1) is 10.7. The van der Waals surface area contributed by atoms with E-state index in [0.717, 1.165) is 5.56 Å². The van der Waals surface area contributed by atoms with E-state index in [0.29, 0.717) is 32.7 Å². The number of hydrogen-bond acceptors (Lipinski definition) is 2. The Balaban J connectivity index is 2.68. The number of benzene rings is 1. The van der Waals surface area contributed by atoms with Gasteiger partial charge in [0.2, 0.25) is 0 Å². The molecule has 0 aromatic heterocycles. The second-order valence-corrected chi connectivity index (χ2v) is 5.89. The molecule has 0 fully saturated rings. The van der Waals surface area contributed by atoms with Crippen LogP contribution in [0.5, 0.6) is 0 Å². The first-order valence-electron chi connectivity index (χ1n) is 4.30. The number of rotatable bonds is 3. The Kier molecular flexibility index (Phi) is 4.43. The van der Waals surface area contributed by atoms with Crippen molar-refractivity contribution in [3.05, 3.63) is 35.9 Å². The number of hydrogen-bond donors (Lipinski definition) is 0. The molecule has 65 valence electrons. The van der Waals surface area contributed by atoms with Crippen LogP contribution in [-0.2, 0) is 35.7 Å². The standard InChI is InChI=1S/C10H11O2.Hg/c1-2-12-10(11)8-9-6-4-3-5-7-9;/h3-8H,2H2,1H3;.